The largest absolute Gasteiger partial charge is 0.373 e. The van der Waals surface area contributed by atoms with Crippen LogP contribution in [-0.2, 0) is 4.79 Å². The number of amides is 1. The van der Waals surface area contributed by atoms with Gasteiger partial charge in [-0.05, 0) is 33.6 Å². The first-order chi connectivity index (χ1) is 9.89. The summed E-state index contributed by atoms with van der Waals surface area (Å²) in [5.74, 6) is 3.06. The van der Waals surface area contributed by atoms with Gasteiger partial charge in [0.2, 0.25) is 5.91 Å². The van der Waals surface area contributed by atoms with Gasteiger partial charge in [-0.1, -0.05) is 0 Å². The van der Waals surface area contributed by atoms with E-state index in [1.165, 1.54) is 0 Å². The van der Waals surface area contributed by atoms with E-state index in [0.717, 1.165) is 35.9 Å². The average Bonchev–Trinajstić information content (AvgIpc) is 3.29. The third-order valence-corrected chi connectivity index (χ3v) is 3.88. The lowest BCUT2D eigenvalue weighted by Gasteiger charge is -2.24. The van der Waals surface area contributed by atoms with E-state index in [1.807, 2.05) is 27.8 Å². The predicted octanol–water partition coefficient (Wildman–Crippen LogP) is 1.89. The van der Waals surface area contributed by atoms with Crippen LogP contribution in [0, 0.1) is 12.3 Å². The number of hydrogen-bond acceptors (Lipinski definition) is 5. The second kappa shape index (κ2) is 5.87. The number of carbonyl (C=O) groups is 1. The summed E-state index contributed by atoms with van der Waals surface area (Å²) in [5.41, 5.74) is 0.487. The van der Waals surface area contributed by atoms with Crippen LogP contribution in [0.3, 0.4) is 0 Å². The molecule has 0 aliphatic heterocycles. The molecule has 1 amide bonds. The van der Waals surface area contributed by atoms with Crippen LogP contribution in [0.1, 0.15) is 44.0 Å². The summed E-state index contributed by atoms with van der Waals surface area (Å²) < 4.78 is 0. The van der Waals surface area contributed by atoms with Gasteiger partial charge in [-0.2, -0.15) is 0 Å². The summed E-state index contributed by atoms with van der Waals surface area (Å²) in [6.07, 6.45) is 2.32. The summed E-state index contributed by atoms with van der Waals surface area (Å²) in [6, 6.07) is 0. The van der Waals surface area contributed by atoms with E-state index in [-0.39, 0.29) is 5.91 Å². The quantitative estimate of drug-likeness (QED) is 0.746. The van der Waals surface area contributed by atoms with Crippen molar-refractivity contribution in [1.29, 1.82) is 0 Å². The summed E-state index contributed by atoms with van der Waals surface area (Å²) in [4.78, 5) is 21.1. The Balaban J connectivity index is 2.19. The molecule has 1 heterocycles. The maximum atomic E-state index is 11.9. The molecule has 21 heavy (non-hydrogen) atoms. The molecule has 3 N–H and O–H groups in total. The molecule has 6 nitrogen and oxygen atoms in total. The summed E-state index contributed by atoms with van der Waals surface area (Å²) in [7, 11) is 3.52. The normalized spacial score (nSPS) is 14.7. The lowest BCUT2D eigenvalue weighted by molar-refractivity contribution is -0.128. The molecule has 116 valence electrons. The second-order valence-electron chi connectivity index (χ2n) is 6.24. The summed E-state index contributed by atoms with van der Waals surface area (Å²) in [6.45, 7) is 6.34. The van der Waals surface area contributed by atoms with Crippen molar-refractivity contribution in [1.82, 2.24) is 15.3 Å². The molecular formula is C15H25N5O. The first kappa shape index (κ1) is 15.5. The minimum absolute atomic E-state index is 0.0120. The minimum Gasteiger partial charge on any atom is -0.373 e. The van der Waals surface area contributed by atoms with E-state index in [1.54, 1.807) is 7.05 Å². The van der Waals surface area contributed by atoms with E-state index in [0.29, 0.717) is 12.5 Å². The lowest BCUT2D eigenvalue weighted by Crippen LogP contribution is -2.39. The molecule has 1 aliphatic carbocycles. The molecule has 1 saturated carbocycles. The zero-order chi connectivity index (χ0) is 15.6. The fourth-order valence-electron chi connectivity index (χ4n) is 2.20. The van der Waals surface area contributed by atoms with Gasteiger partial charge in [0.15, 0.2) is 0 Å². The van der Waals surface area contributed by atoms with Crippen molar-refractivity contribution >= 4 is 17.5 Å². The van der Waals surface area contributed by atoms with Gasteiger partial charge < -0.3 is 16.0 Å². The fraction of sp³-hybridized carbons (Fsp3) is 0.667. The number of carbonyl (C=O) groups excluding carboxylic acids is 1. The van der Waals surface area contributed by atoms with Gasteiger partial charge in [0.1, 0.15) is 17.5 Å². The van der Waals surface area contributed by atoms with Gasteiger partial charge in [0, 0.05) is 32.1 Å². The standard InChI is InChI=1S/C15H25N5O/c1-9-11(16-4)19-13(10-6-7-10)20-12(9)18-8-15(2,3)14(21)17-5/h10H,6-8H2,1-5H3,(H,17,21)(H2,16,18,19,20). The zero-order valence-electron chi connectivity index (χ0n) is 13.5. The number of nitrogens with one attached hydrogen (secondary N) is 3. The Hall–Kier alpha value is -1.85. The molecule has 1 fully saturated rings. The van der Waals surface area contributed by atoms with Gasteiger partial charge >= 0.3 is 0 Å². The summed E-state index contributed by atoms with van der Waals surface area (Å²) >= 11 is 0. The van der Waals surface area contributed by atoms with Crippen LogP contribution in [0.4, 0.5) is 11.6 Å². The molecule has 1 aromatic rings. The maximum absolute atomic E-state index is 11.9. The molecule has 6 heteroatoms. The molecule has 1 aliphatic rings. The Morgan fingerprint density at radius 3 is 2.38 bits per heavy atom. The van der Waals surface area contributed by atoms with Crippen LogP contribution in [0.2, 0.25) is 0 Å². The third-order valence-electron chi connectivity index (χ3n) is 3.88. The monoisotopic (exact) mass is 291 g/mol. The van der Waals surface area contributed by atoms with Crippen molar-refractivity contribution in [3.05, 3.63) is 11.4 Å². The highest BCUT2D eigenvalue weighted by atomic mass is 16.2. The van der Waals surface area contributed by atoms with Gasteiger partial charge in [0.05, 0.1) is 5.41 Å². The van der Waals surface area contributed by atoms with Crippen molar-refractivity contribution < 1.29 is 4.79 Å². The Morgan fingerprint density at radius 2 is 1.86 bits per heavy atom. The minimum atomic E-state index is -0.494. The number of rotatable bonds is 6. The van der Waals surface area contributed by atoms with E-state index >= 15 is 0 Å². The Morgan fingerprint density at radius 1 is 1.24 bits per heavy atom. The molecule has 0 saturated heterocycles. The first-order valence-electron chi connectivity index (χ1n) is 7.41. The van der Waals surface area contributed by atoms with Crippen LogP contribution in [0.25, 0.3) is 0 Å². The molecule has 0 unspecified atom stereocenters. The Labute approximate surface area is 126 Å². The molecule has 0 aromatic carbocycles. The third kappa shape index (κ3) is 3.43. The Bertz CT molecular complexity index is 537. The molecule has 0 spiro atoms. The maximum Gasteiger partial charge on any atom is 0.227 e. The van der Waals surface area contributed by atoms with E-state index < -0.39 is 5.41 Å². The number of aromatic nitrogens is 2. The fourth-order valence-corrected chi connectivity index (χ4v) is 2.20. The van der Waals surface area contributed by atoms with Crippen LogP contribution in [-0.4, -0.2) is 36.5 Å². The van der Waals surface area contributed by atoms with Gasteiger partial charge in [-0.25, -0.2) is 9.97 Å². The van der Waals surface area contributed by atoms with Crippen LogP contribution >= 0.6 is 0 Å². The summed E-state index contributed by atoms with van der Waals surface area (Å²) in [5, 5.41) is 9.13. The van der Waals surface area contributed by atoms with E-state index in [9.17, 15) is 4.79 Å². The van der Waals surface area contributed by atoms with Crippen molar-refractivity contribution in [3.63, 3.8) is 0 Å². The molecule has 0 radical (unpaired) electrons. The van der Waals surface area contributed by atoms with E-state index in [2.05, 4.69) is 25.9 Å². The number of nitrogens with zero attached hydrogens (tertiary/aromatic N) is 2. The molecule has 0 bridgehead atoms. The number of anilines is 2. The lowest BCUT2D eigenvalue weighted by atomic mass is 9.92. The van der Waals surface area contributed by atoms with Gasteiger partial charge in [-0.3, -0.25) is 4.79 Å². The van der Waals surface area contributed by atoms with Gasteiger partial charge in [0.25, 0.3) is 0 Å². The first-order valence-corrected chi connectivity index (χ1v) is 7.41. The molecule has 1 aromatic heterocycles. The van der Waals surface area contributed by atoms with Crippen molar-refractivity contribution in [2.75, 3.05) is 31.3 Å². The van der Waals surface area contributed by atoms with Crippen LogP contribution in [0.15, 0.2) is 0 Å². The zero-order valence-corrected chi connectivity index (χ0v) is 13.5. The van der Waals surface area contributed by atoms with Crippen molar-refractivity contribution in [2.24, 2.45) is 5.41 Å². The van der Waals surface area contributed by atoms with Crippen LogP contribution in [0.5, 0.6) is 0 Å². The predicted molar refractivity (Wildman–Crippen MR) is 84.6 cm³/mol. The Kier molecular flexibility index (Phi) is 4.34. The SMILES string of the molecule is CNC(=O)C(C)(C)CNc1nc(C2CC2)nc(NC)c1C. The van der Waals surface area contributed by atoms with Gasteiger partial charge in [-0.15, -0.1) is 0 Å². The smallest absolute Gasteiger partial charge is 0.227 e. The topological polar surface area (TPSA) is 78.9 Å². The highest BCUT2D eigenvalue weighted by molar-refractivity contribution is 5.82. The molecule has 2 rings (SSSR count). The highest BCUT2D eigenvalue weighted by Crippen LogP contribution is 2.39. The van der Waals surface area contributed by atoms with Crippen molar-refractivity contribution in [3.8, 4) is 0 Å². The number of hydrogen-bond donors (Lipinski definition) is 3. The average molecular weight is 291 g/mol. The van der Waals surface area contributed by atoms with Crippen molar-refractivity contribution in [2.45, 2.75) is 39.5 Å². The van der Waals surface area contributed by atoms with Crippen LogP contribution < -0.4 is 16.0 Å². The second-order valence-corrected chi connectivity index (χ2v) is 6.24. The van der Waals surface area contributed by atoms with E-state index in [4.69, 9.17) is 0 Å². The molecule has 0 atom stereocenters. The highest BCUT2D eigenvalue weighted by Gasteiger charge is 2.29. The molecular weight excluding hydrogens is 266 g/mol.